The first kappa shape index (κ1) is 28.8. The second-order valence-electron chi connectivity index (χ2n) is 9.56. The van der Waals surface area contributed by atoms with Crippen molar-refractivity contribution in [1.82, 2.24) is 9.88 Å². The largest absolute Gasteiger partial charge is 0.464 e. The van der Waals surface area contributed by atoms with Crippen LogP contribution in [0.1, 0.15) is 79.0 Å². The first-order chi connectivity index (χ1) is 18.2. The highest BCUT2D eigenvalue weighted by molar-refractivity contribution is 5.98. The molecule has 3 rings (SSSR count). The maximum Gasteiger partial charge on any atom is 0.331 e. The fourth-order valence-electron chi connectivity index (χ4n) is 4.88. The monoisotopic (exact) mass is 531 g/mol. The number of benzene rings is 1. The predicted molar refractivity (Wildman–Crippen MR) is 137 cm³/mol. The lowest BCUT2D eigenvalue weighted by Gasteiger charge is -2.35. The van der Waals surface area contributed by atoms with Gasteiger partial charge in [-0.2, -0.15) is 0 Å². The molecule has 0 unspecified atom stereocenters. The molecular weight excluding hydrogens is 497 g/mol. The lowest BCUT2D eigenvalue weighted by atomic mass is 9.81. The standard InChI is InChI=1S/C27H34FN3O7/c1-3-23-19(2)17-22(25(33)30(23)18-20-9-11-21(28)12-10-20)24(32)29-27(13-5-4-6-14-27)26(34)37-15-7-8-16-38-31(35)36/h9-12,17H,3-8,13-16,18H2,1-2H3,(H,29,32). The first-order valence-electron chi connectivity index (χ1n) is 12.9. The van der Waals surface area contributed by atoms with Crippen LogP contribution in [0.4, 0.5) is 4.39 Å². The Morgan fingerprint density at radius 3 is 2.42 bits per heavy atom. The maximum absolute atomic E-state index is 13.5. The summed E-state index contributed by atoms with van der Waals surface area (Å²) >= 11 is 0. The summed E-state index contributed by atoms with van der Waals surface area (Å²) in [5.41, 5.74) is 0.436. The Morgan fingerprint density at radius 2 is 1.79 bits per heavy atom. The zero-order chi connectivity index (χ0) is 27.7. The van der Waals surface area contributed by atoms with E-state index in [0.717, 1.165) is 23.2 Å². The van der Waals surface area contributed by atoms with Crippen LogP contribution >= 0.6 is 0 Å². The SMILES string of the molecule is CCc1c(C)cc(C(=O)NC2(C(=O)OCCCCO[N+](=O)[O-])CCCCC2)c(=O)n1Cc1ccc(F)cc1. The lowest BCUT2D eigenvalue weighted by molar-refractivity contribution is -0.757. The molecule has 1 aromatic carbocycles. The highest BCUT2D eigenvalue weighted by Crippen LogP contribution is 2.30. The van der Waals surface area contributed by atoms with E-state index in [9.17, 15) is 28.9 Å². The van der Waals surface area contributed by atoms with Gasteiger partial charge >= 0.3 is 5.97 Å². The zero-order valence-corrected chi connectivity index (χ0v) is 21.8. The van der Waals surface area contributed by atoms with Crippen LogP contribution < -0.4 is 10.9 Å². The van der Waals surface area contributed by atoms with Gasteiger partial charge in [0.1, 0.15) is 16.9 Å². The molecule has 0 aliphatic heterocycles. The molecule has 1 saturated carbocycles. The first-order valence-corrected chi connectivity index (χ1v) is 12.9. The fourth-order valence-corrected chi connectivity index (χ4v) is 4.88. The highest BCUT2D eigenvalue weighted by atomic mass is 19.1. The van der Waals surface area contributed by atoms with Crippen LogP contribution in [0.5, 0.6) is 0 Å². The van der Waals surface area contributed by atoms with Crippen LogP contribution in [-0.4, -0.2) is 40.3 Å². The molecule has 11 heteroatoms. The fraction of sp³-hybridized carbons (Fsp3) is 0.519. The smallest absolute Gasteiger partial charge is 0.331 e. The third kappa shape index (κ3) is 7.17. The van der Waals surface area contributed by atoms with Crippen molar-refractivity contribution in [1.29, 1.82) is 0 Å². The van der Waals surface area contributed by atoms with Crippen molar-refractivity contribution in [3.63, 3.8) is 0 Å². The molecule has 1 heterocycles. The Hall–Kier alpha value is -3.76. The number of pyridine rings is 1. The van der Waals surface area contributed by atoms with Gasteiger partial charge in [0.05, 0.1) is 19.8 Å². The molecule has 1 amide bonds. The number of amides is 1. The van der Waals surface area contributed by atoms with Crippen LogP contribution in [-0.2, 0) is 27.3 Å². The van der Waals surface area contributed by atoms with Crippen LogP contribution in [0, 0.1) is 22.9 Å². The Balaban J connectivity index is 1.80. The summed E-state index contributed by atoms with van der Waals surface area (Å²) in [6, 6.07) is 7.39. The van der Waals surface area contributed by atoms with E-state index in [2.05, 4.69) is 10.2 Å². The van der Waals surface area contributed by atoms with Crippen molar-refractivity contribution in [3.05, 3.63) is 79.0 Å². The molecular formula is C27H34FN3O7. The normalized spacial score (nSPS) is 14.5. The number of nitrogens with one attached hydrogen (secondary N) is 1. The van der Waals surface area contributed by atoms with Gasteiger partial charge in [0, 0.05) is 5.69 Å². The number of aromatic nitrogens is 1. The molecule has 38 heavy (non-hydrogen) atoms. The summed E-state index contributed by atoms with van der Waals surface area (Å²) in [6.07, 6.45) is 4.39. The topological polar surface area (TPSA) is 130 Å². The van der Waals surface area contributed by atoms with E-state index < -0.39 is 28.1 Å². The molecule has 0 bridgehead atoms. The molecule has 1 fully saturated rings. The van der Waals surface area contributed by atoms with Gasteiger partial charge in [-0.05, 0) is 68.4 Å². The molecule has 1 aliphatic carbocycles. The van der Waals surface area contributed by atoms with Crippen molar-refractivity contribution in [2.45, 2.75) is 77.3 Å². The number of hydrogen-bond acceptors (Lipinski definition) is 7. The number of esters is 1. The molecule has 0 atom stereocenters. The predicted octanol–water partition coefficient (Wildman–Crippen LogP) is 3.87. The van der Waals surface area contributed by atoms with Crippen LogP contribution in [0.15, 0.2) is 35.1 Å². The minimum absolute atomic E-state index is 0.0340. The number of aryl methyl sites for hydroxylation is 1. The Labute approximate surface area is 220 Å². The molecule has 206 valence electrons. The van der Waals surface area contributed by atoms with Crippen molar-refractivity contribution in [3.8, 4) is 0 Å². The number of ether oxygens (including phenoxy) is 1. The summed E-state index contributed by atoms with van der Waals surface area (Å²) in [5.74, 6) is -1.60. The van der Waals surface area contributed by atoms with E-state index in [1.54, 1.807) is 18.2 Å². The molecule has 10 nitrogen and oxygen atoms in total. The maximum atomic E-state index is 13.5. The number of nitrogens with zero attached hydrogens (tertiary/aromatic N) is 2. The number of halogens is 1. The van der Waals surface area contributed by atoms with Crippen LogP contribution in [0.3, 0.4) is 0 Å². The van der Waals surface area contributed by atoms with Gasteiger partial charge in [0.15, 0.2) is 0 Å². The lowest BCUT2D eigenvalue weighted by Crippen LogP contribution is -2.57. The van der Waals surface area contributed by atoms with Crippen molar-refractivity contribution >= 4 is 11.9 Å². The van der Waals surface area contributed by atoms with E-state index in [-0.39, 0.29) is 31.1 Å². The van der Waals surface area contributed by atoms with E-state index in [4.69, 9.17) is 4.74 Å². The van der Waals surface area contributed by atoms with Crippen molar-refractivity contribution < 1.29 is 28.6 Å². The average molecular weight is 532 g/mol. The van der Waals surface area contributed by atoms with E-state index >= 15 is 0 Å². The number of hydrogen-bond donors (Lipinski definition) is 1. The number of unbranched alkanes of at least 4 members (excludes halogenated alkanes) is 1. The minimum atomic E-state index is -1.25. The highest BCUT2D eigenvalue weighted by Gasteiger charge is 2.43. The molecule has 0 radical (unpaired) electrons. The number of carbonyl (C=O) groups excluding carboxylic acids is 2. The Kier molecular flexibility index (Phi) is 9.98. The summed E-state index contributed by atoms with van der Waals surface area (Å²) < 4.78 is 20.3. The Morgan fingerprint density at radius 1 is 1.13 bits per heavy atom. The molecule has 1 aromatic heterocycles. The quantitative estimate of drug-likeness (QED) is 0.190. The molecule has 0 saturated heterocycles. The van der Waals surface area contributed by atoms with Gasteiger partial charge in [0.25, 0.3) is 16.6 Å². The van der Waals surface area contributed by atoms with Gasteiger partial charge in [-0.15, -0.1) is 10.1 Å². The van der Waals surface area contributed by atoms with E-state index in [0.29, 0.717) is 44.9 Å². The average Bonchev–Trinajstić information content (AvgIpc) is 2.89. The summed E-state index contributed by atoms with van der Waals surface area (Å²) in [4.78, 5) is 54.6. The number of rotatable bonds is 12. The van der Waals surface area contributed by atoms with Crippen LogP contribution in [0.2, 0.25) is 0 Å². The van der Waals surface area contributed by atoms with Crippen molar-refractivity contribution in [2.75, 3.05) is 13.2 Å². The van der Waals surface area contributed by atoms with Gasteiger partial charge in [-0.1, -0.05) is 38.3 Å². The van der Waals surface area contributed by atoms with Gasteiger partial charge in [0.2, 0.25) is 0 Å². The second-order valence-corrected chi connectivity index (χ2v) is 9.56. The molecule has 0 spiro atoms. The Bertz CT molecular complexity index is 1200. The van der Waals surface area contributed by atoms with Crippen LogP contribution in [0.25, 0.3) is 0 Å². The van der Waals surface area contributed by atoms with Gasteiger partial charge in [-0.25, -0.2) is 9.18 Å². The molecule has 1 aliphatic rings. The third-order valence-electron chi connectivity index (χ3n) is 6.87. The summed E-state index contributed by atoms with van der Waals surface area (Å²) in [6.45, 7) is 3.86. The van der Waals surface area contributed by atoms with E-state index in [1.807, 2.05) is 13.8 Å². The molecule has 2 aromatic rings. The van der Waals surface area contributed by atoms with Gasteiger partial charge in [-0.3, -0.25) is 9.59 Å². The van der Waals surface area contributed by atoms with Gasteiger partial charge < -0.3 is 19.5 Å². The summed E-state index contributed by atoms with van der Waals surface area (Å²) in [7, 11) is 0. The third-order valence-corrected chi connectivity index (χ3v) is 6.87. The molecule has 1 N–H and O–H groups in total. The minimum Gasteiger partial charge on any atom is -0.464 e. The van der Waals surface area contributed by atoms with E-state index in [1.165, 1.54) is 16.7 Å². The van der Waals surface area contributed by atoms with Crippen molar-refractivity contribution in [2.24, 2.45) is 0 Å². The second kappa shape index (κ2) is 13.2. The number of carbonyl (C=O) groups is 2. The summed E-state index contributed by atoms with van der Waals surface area (Å²) in [5, 5.41) is 12.2. The zero-order valence-electron chi connectivity index (χ0n) is 21.8.